The van der Waals surface area contributed by atoms with Crippen LogP contribution in [0.25, 0.3) is 0 Å². The highest BCUT2D eigenvalue weighted by molar-refractivity contribution is 6.05. The Morgan fingerprint density at radius 2 is 2.09 bits per heavy atom. The molecule has 2 aromatic rings. The molecule has 0 saturated heterocycles. The normalized spacial score (nSPS) is 13.1. The van der Waals surface area contributed by atoms with Crippen molar-refractivity contribution in [3.05, 3.63) is 48.0 Å². The Morgan fingerprint density at radius 3 is 2.87 bits per heavy atom. The molecule has 0 unspecified atom stereocenters. The monoisotopic (exact) mass is 312 g/mol. The average molecular weight is 312 g/mol. The number of anilines is 2. The first-order valence-corrected chi connectivity index (χ1v) is 7.07. The van der Waals surface area contributed by atoms with Gasteiger partial charge in [-0.05, 0) is 36.4 Å². The van der Waals surface area contributed by atoms with Gasteiger partial charge in [-0.2, -0.15) is 0 Å². The summed E-state index contributed by atoms with van der Waals surface area (Å²) in [5, 5.41) is 2.81. The van der Waals surface area contributed by atoms with Crippen molar-refractivity contribution < 1.29 is 19.1 Å². The van der Waals surface area contributed by atoms with E-state index in [9.17, 15) is 9.59 Å². The van der Waals surface area contributed by atoms with Crippen molar-refractivity contribution in [1.82, 2.24) is 0 Å². The molecular weight excluding hydrogens is 296 g/mol. The minimum Gasteiger partial charge on any atom is -0.497 e. The van der Waals surface area contributed by atoms with E-state index in [1.165, 1.54) is 4.90 Å². The van der Waals surface area contributed by atoms with Crippen LogP contribution in [0.4, 0.5) is 11.4 Å². The number of hydrogen-bond donors (Lipinski definition) is 1. The minimum absolute atomic E-state index is 0.0268. The lowest BCUT2D eigenvalue weighted by Gasteiger charge is -2.26. The molecule has 2 aromatic carbocycles. The standard InChI is InChI=1S/C17H16N2O4/c1-19-14-9-12(6-7-15(14)23-10-16(19)20)18-17(21)11-4-3-5-13(8-11)22-2/h3-9H,10H2,1-2H3,(H,18,21). The highest BCUT2D eigenvalue weighted by Gasteiger charge is 2.22. The first kappa shape index (κ1) is 14.9. The first-order valence-electron chi connectivity index (χ1n) is 7.07. The second-order valence-electron chi connectivity index (χ2n) is 5.11. The van der Waals surface area contributed by atoms with Crippen molar-refractivity contribution >= 4 is 23.2 Å². The number of benzene rings is 2. The van der Waals surface area contributed by atoms with Gasteiger partial charge >= 0.3 is 0 Å². The fourth-order valence-electron chi connectivity index (χ4n) is 2.32. The lowest BCUT2D eigenvalue weighted by molar-refractivity contribution is -0.120. The van der Waals surface area contributed by atoms with E-state index in [2.05, 4.69) is 5.32 Å². The maximum Gasteiger partial charge on any atom is 0.264 e. The Bertz CT molecular complexity index is 773. The lowest BCUT2D eigenvalue weighted by atomic mass is 10.1. The third kappa shape index (κ3) is 2.96. The van der Waals surface area contributed by atoms with Crippen molar-refractivity contribution in [3.8, 4) is 11.5 Å². The number of fused-ring (bicyclic) bond motifs is 1. The summed E-state index contributed by atoms with van der Waals surface area (Å²) in [5.41, 5.74) is 1.70. The number of methoxy groups -OCH3 is 1. The van der Waals surface area contributed by atoms with Gasteiger partial charge in [0, 0.05) is 18.3 Å². The van der Waals surface area contributed by atoms with Crippen LogP contribution in [0.5, 0.6) is 11.5 Å². The smallest absolute Gasteiger partial charge is 0.264 e. The van der Waals surface area contributed by atoms with E-state index in [0.717, 1.165) is 0 Å². The molecule has 1 aliphatic heterocycles. The Labute approximate surface area is 133 Å². The van der Waals surface area contributed by atoms with Gasteiger partial charge in [0.25, 0.3) is 11.8 Å². The number of ether oxygens (including phenoxy) is 2. The quantitative estimate of drug-likeness (QED) is 0.944. The average Bonchev–Trinajstić information content (AvgIpc) is 2.58. The first-order chi connectivity index (χ1) is 11.1. The fourth-order valence-corrected chi connectivity index (χ4v) is 2.32. The number of nitrogens with zero attached hydrogens (tertiary/aromatic N) is 1. The molecule has 0 spiro atoms. The van der Waals surface area contributed by atoms with Gasteiger partial charge in [0.2, 0.25) is 0 Å². The molecule has 6 nitrogen and oxygen atoms in total. The van der Waals surface area contributed by atoms with Crippen LogP contribution in [0.15, 0.2) is 42.5 Å². The molecule has 6 heteroatoms. The number of carbonyl (C=O) groups excluding carboxylic acids is 2. The van der Waals surface area contributed by atoms with Crippen LogP contribution < -0.4 is 19.7 Å². The summed E-state index contributed by atoms with van der Waals surface area (Å²) in [5.74, 6) is 0.844. The van der Waals surface area contributed by atoms with Crippen LogP contribution >= 0.6 is 0 Å². The molecule has 0 bridgehead atoms. The van der Waals surface area contributed by atoms with Crippen LogP contribution in [-0.4, -0.2) is 32.6 Å². The topological polar surface area (TPSA) is 67.9 Å². The van der Waals surface area contributed by atoms with Crippen LogP contribution in [0.3, 0.4) is 0 Å². The molecule has 1 aliphatic rings. The Balaban J connectivity index is 1.83. The van der Waals surface area contributed by atoms with Crippen LogP contribution in [-0.2, 0) is 4.79 Å². The number of rotatable bonds is 3. The molecule has 1 heterocycles. The predicted octanol–water partition coefficient (Wildman–Crippen LogP) is 2.30. The molecule has 0 fully saturated rings. The molecular formula is C17H16N2O4. The number of nitrogens with one attached hydrogen (secondary N) is 1. The van der Waals surface area contributed by atoms with Gasteiger partial charge in [-0.25, -0.2) is 0 Å². The summed E-state index contributed by atoms with van der Waals surface area (Å²) in [6.45, 7) is 0.0268. The summed E-state index contributed by atoms with van der Waals surface area (Å²) < 4.78 is 10.5. The summed E-state index contributed by atoms with van der Waals surface area (Å²) >= 11 is 0. The van der Waals surface area contributed by atoms with E-state index in [4.69, 9.17) is 9.47 Å². The van der Waals surface area contributed by atoms with Crippen LogP contribution in [0, 0.1) is 0 Å². The lowest BCUT2D eigenvalue weighted by Crippen LogP contribution is -2.35. The van der Waals surface area contributed by atoms with Gasteiger partial charge < -0.3 is 19.7 Å². The zero-order valence-corrected chi connectivity index (χ0v) is 12.8. The van der Waals surface area contributed by atoms with Gasteiger partial charge in [0.15, 0.2) is 6.61 Å². The molecule has 2 amide bonds. The molecule has 0 aromatic heterocycles. The largest absolute Gasteiger partial charge is 0.497 e. The van der Waals surface area contributed by atoms with Gasteiger partial charge in [-0.15, -0.1) is 0 Å². The van der Waals surface area contributed by atoms with E-state index in [-0.39, 0.29) is 18.4 Å². The van der Waals surface area contributed by atoms with E-state index >= 15 is 0 Å². The third-order valence-electron chi connectivity index (χ3n) is 3.64. The Kier molecular flexibility index (Phi) is 3.89. The summed E-state index contributed by atoms with van der Waals surface area (Å²) in [7, 11) is 3.23. The molecule has 1 N–H and O–H groups in total. The maximum atomic E-state index is 12.3. The van der Waals surface area contributed by atoms with Gasteiger partial charge in [0.05, 0.1) is 12.8 Å². The molecule has 0 radical (unpaired) electrons. The molecule has 3 rings (SSSR count). The fraction of sp³-hybridized carbons (Fsp3) is 0.176. The second kappa shape index (κ2) is 6.00. The maximum absolute atomic E-state index is 12.3. The van der Waals surface area contributed by atoms with Crippen molar-refractivity contribution in [1.29, 1.82) is 0 Å². The Morgan fingerprint density at radius 1 is 1.26 bits per heavy atom. The molecule has 118 valence electrons. The van der Waals surface area contributed by atoms with E-state index in [1.807, 2.05) is 0 Å². The molecule has 0 atom stereocenters. The second-order valence-corrected chi connectivity index (χ2v) is 5.11. The summed E-state index contributed by atoms with van der Waals surface area (Å²) in [6.07, 6.45) is 0. The van der Waals surface area contributed by atoms with E-state index in [0.29, 0.717) is 28.4 Å². The zero-order valence-electron chi connectivity index (χ0n) is 12.8. The number of hydrogen-bond acceptors (Lipinski definition) is 4. The predicted molar refractivity (Wildman–Crippen MR) is 86.3 cm³/mol. The van der Waals surface area contributed by atoms with Crippen LogP contribution in [0.1, 0.15) is 10.4 Å². The number of likely N-dealkylation sites (N-methyl/N-ethyl adjacent to an activating group) is 1. The minimum atomic E-state index is -0.255. The van der Waals surface area contributed by atoms with E-state index < -0.39 is 0 Å². The molecule has 23 heavy (non-hydrogen) atoms. The molecule has 0 saturated carbocycles. The van der Waals surface area contributed by atoms with Crippen molar-refractivity contribution in [2.24, 2.45) is 0 Å². The van der Waals surface area contributed by atoms with E-state index in [1.54, 1.807) is 56.6 Å². The third-order valence-corrected chi connectivity index (χ3v) is 3.64. The van der Waals surface area contributed by atoms with Crippen molar-refractivity contribution in [2.75, 3.05) is 31.0 Å². The van der Waals surface area contributed by atoms with Crippen molar-refractivity contribution in [2.45, 2.75) is 0 Å². The number of amides is 2. The Hall–Kier alpha value is -3.02. The summed E-state index contributed by atoms with van der Waals surface area (Å²) in [6, 6.07) is 12.1. The van der Waals surface area contributed by atoms with Gasteiger partial charge in [-0.1, -0.05) is 6.07 Å². The van der Waals surface area contributed by atoms with Gasteiger partial charge in [-0.3, -0.25) is 9.59 Å². The highest BCUT2D eigenvalue weighted by Crippen LogP contribution is 2.33. The highest BCUT2D eigenvalue weighted by atomic mass is 16.5. The van der Waals surface area contributed by atoms with Crippen molar-refractivity contribution in [3.63, 3.8) is 0 Å². The van der Waals surface area contributed by atoms with Gasteiger partial charge in [0.1, 0.15) is 11.5 Å². The zero-order chi connectivity index (χ0) is 16.4. The summed E-state index contributed by atoms with van der Waals surface area (Å²) in [4.78, 5) is 25.5. The van der Waals surface area contributed by atoms with Crippen LogP contribution in [0.2, 0.25) is 0 Å². The number of carbonyl (C=O) groups is 2. The SMILES string of the molecule is COc1cccc(C(=O)Nc2ccc3c(c2)N(C)C(=O)CO3)c1. The molecule has 0 aliphatic carbocycles.